The molecule has 9 heteroatoms. The quantitative estimate of drug-likeness (QED) is 0.273. The Morgan fingerprint density at radius 2 is 1.61 bits per heavy atom. The third-order valence-electron chi connectivity index (χ3n) is 4.05. The summed E-state index contributed by atoms with van der Waals surface area (Å²) in [5.41, 5.74) is -0.801. The molecule has 180 valence electrons. The van der Waals surface area contributed by atoms with E-state index in [4.69, 9.17) is 9.47 Å². The Hall–Kier alpha value is -1.78. The van der Waals surface area contributed by atoms with E-state index in [1.54, 1.807) is 26.8 Å². The largest absolute Gasteiger partial charge is 0.387 e. The fourth-order valence-electron chi connectivity index (χ4n) is 2.35. The fourth-order valence-corrected chi connectivity index (χ4v) is 2.35. The Labute approximate surface area is 185 Å². The van der Waals surface area contributed by atoms with E-state index in [1.807, 2.05) is 20.8 Å². The van der Waals surface area contributed by atoms with Crippen LogP contribution in [0, 0.1) is 5.41 Å². The molecule has 2 amide bonds. The predicted molar refractivity (Wildman–Crippen MR) is 118 cm³/mol. The van der Waals surface area contributed by atoms with Crippen LogP contribution in [0.4, 0.5) is 0 Å². The first-order valence-corrected chi connectivity index (χ1v) is 10.2. The van der Waals surface area contributed by atoms with Gasteiger partial charge in [0.05, 0.1) is 12.2 Å². The van der Waals surface area contributed by atoms with Crippen molar-refractivity contribution in [3.63, 3.8) is 0 Å². The number of hydrogen-bond acceptors (Lipinski definition) is 7. The smallest absolute Gasteiger partial charge is 0.252 e. The number of carbonyl (C=O) groups excluding carboxylic acids is 2. The molecule has 0 rings (SSSR count). The highest BCUT2D eigenvalue weighted by molar-refractivity contribution is 5.89. The maximum Gasteiger partial charge on any atom is 0.252 e. The van der Waals surface area contributed by atoms with Crippen molar-refractivity contribution < 1.29 is 34.4 Å². The maximum atomic E-state index is 12.7. The summed E-state index contributed by atoms with van der Waals surface area (Å²) in [7, 11) is 1.18. The van der Waals surface area contributed by atoms with E-state index in [1.165, 1.54) is 19.3 Å². The molecule has 0 saturated carbocycles. The number of amides is 2. The molecular weight excluding hydrogens is 404 g/mol. The van der Waals surface area contributed by atoms with Crippen LogP contribution in [0.5, 0.6) is 0 Å². The maximum absolute atomic E-state index is 12.7. The van der Waals surface area contributed by atoms with Crippen LogP contribution in [0.1, 0.15) is 41.5 Å². The van der Waals surface area contributed by atoms with Crippen molar-refractivity contribution in [1.29, 1.82) is 0 Å². The summed E-state index contributed by atoms with van der Waals surface area (Å²) in [5.74, 6) is -1.34. The summed E-state index contributed by atoms with van der Waals surface area (Å²) in [6, 6.07) is -1.07. The Kier molecular flexibility index (Phi) is 12.2. The number of methoxy groups -OCH3 is 1. The van der Waals surface area contributed by atoms with E-state index in [0.29, 0.717) is 0 Å². The van der Waals surface area contributed by atoms with Crippen LogP contribution >= 0.6 is 0 Å². The molecule has 0 bridgehead atoms. The Bertz CT molecular complexity index is 608. The molecule has 0 aromatic heterocycles. The van der Waals surface area contributed by atoms with Crippen molar-refractivity contribution in [2.24, 2.45) is 5.41 Å². The molecule has 0 aliphatic rings. The number of hydrogen-bond donors (Lipinski definition) is 5. The number of nitrogens with one attached hydrogen (secondary N) is 2. The molecule has 5 N–H and O–H groups in total. The number of aliphatic hydroxyl groups is 3. The van der Waals surface area contributed by atoms with Crippen LogP contribution in [0.2, 0.25) is 0 Å². The second kappa shape index (κ2) is 12.9. The molecule has 0 fully saturated rings. The van der Waals surface area contributed by atoms with Gasteiger partial charge in [-0.15, -0.1) is 6.58 Å². The molecule has 31 heavy (non-hydrogen) atoms. The van der Waals surface area contributed by atoms with E-state index in [0.717, 1.165) is 0 Å². The highest BCUT2D eigenvalue weighted by atomic mass is 16.5. The summed E-state index contributed by atoms with van der Waals surface area (Å²) >= 11 is 0. The zero-order chi connectivity index (χ0) is 24.4. The number of rotatable bonds is 12. The lowest BCUT2D eigenvalue weighted by molar-refractivity contribution is -0.152. The van der Waals surface area contributed by atoms with Crippen molar-refractivity contribution in [1.82, 2.24) is 10.6 Å². The van der Waals surface area contributed by atoms with Gasteiger partial charge in [-0.2, -0.15) is 0 Å². The van der Waals surface area contributed by atoms with Crippen molar-refractivity contribution in [3.8, 4) is 0 Å². The lowest BCUT2D eigenvalue weighted by Crippen LogP contribution is -2.57. The van der Waals surface area contributed by atoms with Gasteiger partial charge in [0, 0.05) is 13.7 Å². The van der Waals surface area contributed by atoms with Gasteiger partial charge in [-0.25, -0.2) is 0 Å². The first kappa shape index (κ1) is 29.2. The molecule has 0 aliphatic heterocycles. The third-order valence-corrected chi connectivity index (χ3v) is 4.05. The molecular formula is C22H40N2O7. The zero-order valence-corrected chi connectivity index (χ0v) is 19.7. The number of carbonyl (C=O) groups is 2. The summed E-state index contributed by atoms with van der Waals surface area (Å²) in [6.45, 7) is 14.7. The Morgan fingerprint density at radius 3 is 2.06 bits per heavy atom. The summed E-state index contributed by atoms with van der Waals surface area (Å²) < 4.78 is 10.7. The minimum Gasteiger partial charge on any atom is -0.387 e. The third kappa shape index (κ3) is 12.0. The SMILES string of the molecule is C=CCNC(=O)[C@H](COC(C)(C)C)NC(=O)[C@H](OC)[C@H](O)[C@@H](O)[C@H](O)/C=C/C(C)(C)C. The van der Waals surface area contributed by atoms with E-state index in [-0.39, 0.29) is 18.6 Å². The first-order valence-electron chi connectivity index (χ1n) is 10.2. The second-order valence-corrected chi connectivity index (χ2v) is 9.37. The van der Waals surface area contributed by atoms with Crippen molar-refractivity contribution in [3.05, 3.63) is 24.8 Å². The zero-order valence-electron chi connectivity index (χ0n) is 19.7. The van der Waals surface area contributed by atoms with Crippen molar-refractivity contribution in [2.75, 3.05) is 20.3 Å². The monoisotopic (exact) mass is 444 g/mol. The van der Waals surface area contributed by atoms with Gasteiger partial charge in [0.25, 0.3) is 5.91 Å². The van der Waals surface area contributed by atoms with Crippen molar-refractivity contribution >= 4 is 11.8 Å². The number of ether oxygens (including phenoxy) is 2. The molecule has 5 atom stereocenters. The van der Waals surface area contributed by atoms with Crippen LogP contribution in [0.25, 0.3) is 0 Å². The van der Waals surface area contributed by atoms with Gasteiger partial charge in [-0.1, -0.05) is 39.0 Å². The molecule has 0 aromatic carbocycles. The minimum atomic E-state index is -1.75. The van der Waals surface area contributed by atoms with Gasteiger partial charge in [-0.05, 0) is 26.2 Å². The molecule has 9 nitrogen and oxygen atoms in total. The topological polar surface area (TPSA) is 137 Å². The van der Waals surface area contributed by atoms with Gasteiger partial charge in [0.1, 0.15) is 24.4 Å². The van der Waals surface area contributed by atoms with Crippen LogP contribution in [0.3, 0.4) is 0 Å². The summed E-state index contributed by atoms with van der Waals surface area (Å²) in [4.78, 5) is 25.1. The molecule has 0 unspecified atom stereocenters. The molecule has 0 aliphatic carbocycles. The highest BCUT2D eigenvalue weighted by Gasteiger charge is 2.37. The average molecular weight is 445 g/mol. The Morgan fingerprint density at radius 1 is 1.03 bits per heavy atom. The highest BCUT2D eigenvalue weighted by Crippen LogP contribution is 2.17. The van der Waals surface area contributed by atoms with Gasteiger partial charge in [-0.3, -0.25) is 9.59 Å². The van der Waals surface area contributed by atoms with Crippen LogP contribution in [0.15, 0.2) is 24.8 Å². The Balaban J connectivity index is 5.34. The van der Waals surface area contributed by atoms with Crippen molar-refractivity contribution in [2.45, 2.75) is 77.6 Å². The normalized spacial score (nSPS) is 17.5. The van der Waals surface area contributed by atoms with Gasteiger partial charge in [0.2, 0.25) is 5.91 Å². The summed E-state index contributed by atoms with van der Waals surface area (Å²) in [5, 5.41) is 35.9. The molecule has 0 saturated heterocycles. The standard InChI is InChI=1S/C22H40N2O7/c1-9-12-23-19(28)14(13-31-22(5,6)7)24-20(29)18(30-8)17(27)16(26)15(25)10-11-21(2,3)4/h9-11,14-18,25-27H,1,12-13H2,2-8H3,(H,23,28)(H,24,29)/b11-10+/t14-,15+,16-,17+,18+/m0/s1. The van der Waals surface area contributed by atoms with E-state index in [9.17, 15) is 24.9 Å². The molecule has 0 spiro atoms. The molecule has 0 aromatic rings. The van der Waals surface area contributed by atoms with Gasteiger partial charge >= 0.3 is 0 Å². The van der Waals surface area contributed by atoms with Gasteiger partial charge in [0.15, 0.2) is 6.10 Å². The van der Waals surface area contributed by atoms with Crippen LogP contribution in [-0.2, 0) is 19.1 Å². The van der Waals surface area contributed by atoms with E-state index in [2.05, 4.69) is 17.2 Å². The second-order valence-electron chi connectivity index (χ2n) is 9.37. The minimum absolute atomic E-state index is 0.121. The lowest BCUT2D eigenvalue weighted by Gasteiger charge is -2.29. The van der Waals surface area contributed by atoms with E-state index >= 15 is 0 Å². The molecule has 0 heterocycles. The number of aliphatic hydroxyl groups excluding tert-OH is 3. The van der Waals surface area contributed by atoms with Gasteiger partial charge < -0.3 is 35.4 Å². The first-order chi connectivity index (χ1) is 14.1. The van der Waals surface area contributed by atoms with Crippen LogP contribution in [-0.4, -0.2) is 83.5 Å². The predicted octanol–water partition coefficient (Wildman–Crippen LogP) is 0.289. The van der Waals surface area contributed by atoms with Crippen LogP contribution < -0.4 is 10.6 Å². The fraction of sp³-hybridized carbons (Fsp3) is 0.727. The molecule has 0 radical (unpaired) electrons. The van der Waals surface area contributed by atoms with E-state index < -0.39 is 47.9 Å². The average Bonchev–Trinajstić information content (AvgIpc) is 2.65. The summed E-state index contributed by atoms with van der Waals surface area (Å²) in [6.07, 6.45) is -1.86. The lowest BCUT2D eigenvalue weighted by atomic mass is 9.94. The number of allylic oxidation sites excluding steroid dienone is 1.